The van der Waals surface area contributed by atoms with E-state index in [0.717, 1.165) is 5.39 Å². The van der Waals surface area contributed by atoms with Gasteiger partial charge in [-0.1, -0.05) is 0 Å². The zero-order valence-electron chi connectivity index (χ0n) is 17.6. The molecule has 2 aromatic rings. The second-order valence-corrected chi connectivity index (χ2v) is 8.95. The van der Waals surface area contributed by atoms with E-state index in [9.17, 15) is 18.3 Å². The van der Waals surface area contributed by atoms with E-state index >= 15 is 0 Å². The van der Waals surface area contributed by atoms with Crippen molar-refractivity contribution in [2.45, 2.75) is 32.7 Å². The first-order valence-corrected chi connectivity index (χ1v) is 10.6. The van der Waals surface area contributed by atoms with Crippen molar-refractivity contribution in [2.75, 3.05) is 32.6 Å². The minimum absolute atomic E-state index is 0.0509. The Morgan fingerprint density at radius 3 is 2.33 bits per heavy atom. The molecule has 1 aromatic heterocycles. The number of aromatic nitrogens is 2. The summed E-state index contributed by atoms with van der Waals surface area (Å²) in [5, 5.41) is 13.1. The number of methoxy groups -OCH3 is 2. The van der Waals surface area contributed by atoms with Crippen LogP contribution in [-0.2, 0) is 10.2 Å². The minimum atomic E-state index is -4.18. The van der Waals surface area contributed by atoms with Crippen LogP contribution in [0.5, 0.6) is 11.5 Å². The number of hydrogen-bond acceptors (Lipinski definition) is 8. The Morgan fingerprint density at radius 1 is 1.13 bits per heavy atom. The summed E-state index contributed by atoms with van der Waals surface area (Å²) < 4.78 is 38.0. The van der Waals surface area contributed by atoms with Crippen molar-refractivity contribution in [3.63, 3.8) is 0 Å². The standard InChI is InChI=1S/C18H27N5O6S/c1-18(2,3)23(17(24)25)30(26,27)22-8-6-7-19-16-12-9-14(28-4)15(29-5)10-13(12)20-11-21-16/h9-11,22H,6-8H2,1-5H3,(H,24,25)(H,19,20,21). The number of hydrogen-bond donors (Lipinski definition) is 3. The van der Waals surface area contributed by atoms with Crippen molar-refractivity contribution in [3.05, 3.63) is 18.5 Å². The molecule has 0 atom stereocenters. The lowest BCUT2D eigenvalue weighted by Crippen LogP contribution is -2.53. The van der Waals surface area contributed by atoms with Crippen molar-refractivity contribution in [1.82, 2.24) is 19.0 Å². The summed E-state index contributed by atoms with van der Waals surface area (Å²) in [7, 11) is -1.11. The van der Waals surface area contributed by atoms with Crippen LogP contribution in [0, 0.1) is 0 Å². The van der Waals surface area contributed by atoms with E-state index in [1.54, 1.807) is 12.1 Å². The van der Waals surface area contributed by atoms with E-state index in [0.29, 0.717) is 40.1 Å². The fourth-order valence-electron chi connectivity index (χ4n) is 2.84. The molecule has 2 rings (SSSR count). The Kier molecular flexibility index (Phi) is 7.26. The summed E-state index contributed by atoms with van der Waals surface area (Å²) in [5.41, 5.74) is -0.441. The van der Waals surface area contributed by atoms with Gasteiger partial charge in [0.1, 0.15) is 12.1 Å². The SMILES string of the molecule is COc1cc2ncnc(NCCCNS(=O)(=O)N(C(=O)O)C(C)(C)C)c2cc1OC. The number of amides is 1. The molecule has 0 fully saturated rings. The molecule has 3 N–H and O–H groups in total. The predicted octanol–water partition coefficient (Wildman–Crippen LogP) is 2.06. The molecule has 0 unspecified atom stereocenters. The molecule has 1 heterocycles. The first-order valence-electron chi connectivity index (χ1n) is 9.15. The number of nitrogens with one attached hydrogen (secondary N) is 2. The number of carbonyl (C=O) groups is 1. The zero-order valence-corrected chi connectivity index (χ0v) is 18.4. The van der Waals surface area contributed by atoms with E-state index in [2.05, 4.69) is 20.0 Å². The fraction of sp³-hybridized carbons (Fsp3) is 0.500. The van der Waals surface area contributed by atoms with Gasteiger partial charge in [0.25, 0.3) is 0 Å². The second kappa shape index (κ2) is 9.30. The molecule has 30 heavy (non-hydrogen) atoms. The van der Waals surface area contributed by atoms with E-state index in [1.807, 2.05) is 0 Å². The maximum Gasteiger partial charge on any atom is 0.422 e. The highest BCUT2D eigenvalue weighted by molar-refractivity contribution is 7.87. The Balaban J connectivity index is 2.02. The van der Waals surface area contributed by atoms with E-state index in [1.165, 1.54) is 41.3 Å². The number of ether oxygens (including phenoxy) is 2. The molecule has 0 aliphatic rings. The summed E-state index contributed by atoms with van der Waals surface area (Å²) >= 11 is 0. The van der Waals surface area contributed by atoms with Gasteiger partial charge in [0.2, 0.25) is 0 Å². The van der Waals surface area contributed by atoms with Gasteiger partial charge in [0, 0.05) is 24.5 Å². The lowest BCUT2D eigenvalue weighted by Gasteiger charge is -2.31. The fourth-order valence-corrected chi connectivity index (χ4v) is 4.29. The number of nitrogens with zero attached hydrogens (tertiary/aromatic N) is 3. The summed E-state index contributed by atoms with van der Waals surface area (Å²) in [5.74, 6) is 1.64. The summed E-state index contributed by atoms with van der Waals surface area (Å²) in [4.78, 5) is 19.8. The van der Waals surface area contributed by atoms with Crippen LogP contribution in [0.15, 0.2) is 18.5 Å². The Morgan fingerprint density at radius 2 is 1.77 bits per heavy atom. The highest BCUT2D eigenvalue weighted by Crippen LogP contribution is 2.33. The molecular weight excluding hydrogens is 414 g/mol. The van der Waals surface area contributed by atoms with Gasteiger partial charge in [-0.15, -0.1) is 0 Å². The molecule has 0 saturated heterocycles. The summed E-state index contributed by atoms with van der Waals surface area (Å²) in [6, 6.07) is 3.50. The van der Waals surface area contributed by atoms with Crippen LogP contribution in [0.4, 0.5) is 10.6 Å². The van der Waals surface area contributed by atoms with E-state index < -0.39 is 21.8 Å². The molecule has 1 aromatic carbocycles. The molecule has 0 radical (unpaired) electrons. The third kappa shape index (κ3) is 5.39. The predicted molar refractivity (Wildman–Crippen MR) is 112 cm³/mol. The zero-order chi connectivity index (χ0) is 22.5. The van der Waals surface area contributed by atoms with Gasteiger partial charge in [0.15, 0.2) is 11.5 Å². The van der Waals surface area contributed by atoms with E-state index in [4.69, 9.17) is 9.47 Å². The molecule has 0 aliphatic heterocycles. The molecular formula is C18H27N5O6S. The third-order valence-corrected chi connectivity index (χ3v) is 5.85. The smallest absolute Gasteiger partial charge is 0.422 e. The lowest BCUT2D eigenvalue weighted by molar-refractivity contribution is 0.145. The molecule has 0 bridgehead atoms. The Labute approximate surface area is 175 Å². The molecule has 0 saturated carbocycles. The van der Waals surface area contributed by atoms with Crippen LogP contribution in [0.3, 0.4) is 0 Å². The van der Waals surface area contributed by atoms with Crippen LogP contribution < -0.4 is 19.5 Å². The number of fused-ring (bicyclic) bond motifs is 1. The first-order chi connectivity index (χ1) is 14.0. The summed E-state index contributed by atoms with van der Waals surface area (Å²) in [6.07, 6.45) is 0.271. The monoisotopic (exact) mass is 441 g/mol. The third-order valence-electron chi connectivity index (χ3n) is 4.09. The van der Waals surface area contributed by atoms with Crippen LogP contribution in [0.25, 0.3) is 10.9 Å². The van der Waals surface area contributed by atoms with Crippen LogP contribution in [0.1, 0.15) is 27.2 Å². The lowest BCUT2D eigenvalue weighted by atomic mass is 10.1. The van der Waals surface area contributed by atoms with Crippen molar-refractivity contribution in [1.29, 1.82) is 0 Å². The van der Waals surface area contributed by atoms with Crippen LogP contribution in [-0.4, -0.2) is 66.7 Å². The van der Waals surface area contributed by atoms with Gasteiger partial charge in [0.05, 0.1) is 25.3 Å². The van der Waals surface area contributed by atoms with Gasteiger partial charge >= 0.3 is 16.3 Å². The summed E-state index contributed by atoms with van der Waals surface area (Å²) in [6.45, 7) is 4.96. The second-order valence-electron chi connectivity index (χ2n) is 7.34. The molecule has 166 valence electrons. The van der Waals surface area contributed by atoms with Crippen LogP contribution in [0.2, 0.25) is 0 Å². The highest BCUT2D eigenvalue weighted by atomic mass is 32.2. The molecule has 11 nitrogen and oxygen atoms in total. The number of anilines is 1. The van der Waals surface area contributed by atoms with Crippen molar-refractivity contribution >= 4 is 33.0 Å². The quantitative estimate of drug-likeness (QED) is 0.498. The Bertz CT molecular complexity index is 1010. The molecule has 0 aliphatic carbocycles. The van der Waals surface area contributed by atoms with Gasteiger partial charge in [-0.25, -0.2) is 14.8 Å². The first kappa shape index (κ1) is 23.4. The molecule has 12 heteroatoms. The average Bonchev–Trinajstić information content (AvgIpc) is 2.64. The topological polar surface area (TPSA) is 143 Å². The molecule has 1 amide bonds. The van der Waals surface area contributed by atoms with Crippen LogP contribution >= 0.6 is 0 Å². The number of carboxylic acid groups (broad SMARTS) is 1. The van der Waals surface area contributed by atoms with Crippen molar-refractivity contribution < 1.29 is 27.8 Å². The van der Waals surface area contributed by atoms with Crippen molar-refractivity contribution in [3.8, 4) is 11.5 Å². The largest absolute Gasteiger partial charge is 0.493 e. The molecule has 0 spiro atoms. The van der Waals surface area contributed by atoms with Gasteiger partial charge in [-0.2, -0.15) is 17.4 Å². The van der Waals surface area contributed by atoms with Gasteiger partial charge < -0.3 is 19.9 Å². The van der Waals surface area contributed by atoms with Gasteiger partial charge in [-0.05, 0) is 33.3 Å². The average molecular weight is 442 g/mol. The normalized spacial score (nSPS) is 11.9. The maximum absolute atomic E-state index is 12.3. The maximum atomic E-state index is 12.3. The highest BCUT2D eigenvalue weighted by Gasteiger charge is 2.36. The van der Waals surface area contributed by atoms with Gasteiger partial charge in [-0.3, -0.25) is 0 Å². The van der Waals surface area contributed by atoms with Crippen molar-refractivity contribution in [2.24, 2.45) is 0 Å². The number of rotatable bonds is 9. The Hall–Kier alpha value is -2.86. The number of benzene rings is 1. The minimum Gasteiger partial charge on any atom is -0.493 e. The van der Waals surface area contributed by atoms with E-state index in [-0.39, 0.29) is 6.54 Å².